The first-order chi connectivity index (χ1) is 13.6. The van der Waals surface area contributed by atoms with Gasteiger partial charge in [0.2, 0.25) is 0 Å². The molecule has 2 nitrogen and oxygen atoms in total. The van der Waals surface area contributed by atoms with Crippen LogP contribution in [0.2, 0.25) is 0 Å². The van der Waals surface area contributed by atoms with E-state index in [1.807, 2.05) is 84.9 Å². The number of carbonyl (C=O) groups excluding carboxylic acids is 2. The smallest absolute Gasteiger partial charge is 0.189 e. The van der Waals surface area contributed by atoms with Gasteiger partial charge < -0.3 is 0 Å². The van der Waals surface area contributed by atoms with E-state index in [2.05, 4.69) is 6.58 Å². The summed E-state index contributed by atoms with van der Waals surface area (Å²) in [5, 5.41) is 3.92. The van der Waals surface area contributed by atoms with E-state index >= 15 is 0 Å². The minimum Gasteiger partial charge on any atom is -0.294 e. The summed E-state index contributed by atoms with van der Waals surface area (Å²) in [6.45, 7) is 3.96. The van der Waals surface area contributed by atoms with E-state index in [0.29, 0.717) is 23.1 Å². The molecule has 0 heterocycles. The maximum Gasteiger partial charge on any atom is 0.189 e. The largest absolute Gasteiger partial charge is 0.294 e. The molecular weight excluding hydrogens is 344 g/mol. The van der Waals surface area contributed by atoms with E-state index in [9.17, 15) is 9.59 Å². The van der Waals surface area contributed by atoms with Gasteiger partial charge in [0.05, 0.1) is 0 Å². The van der Waals surface area contributed by atoms with Crippen LogP contribution in [-0.2, 0) is 0 Å². The predicted octanol–water partition coefficient (Wildman–Crippen LogP) is 6.40. The van der Waals surface area contributed by atoms with Crippen molar-refractivity contribution in [3.63, 3.8) is 0 Å². The van der Waals surface area contributed by atoms with Crippen LogP contribution < -0.4 is 0 Å². The van der Waals surface area contributed by atoms with Crippen molar-refractivity contribution in [1.82, 2.24) is 0 Å². The molecule has 0 unspecified atom stereocenters. The first kappa shape index (κ1) is 17.9. The Balaban J connectivity index is 1.52. The molecular formula is C26H20O2. The van der Waals surface area contributed by atoms with Gasteiger partial charge in [0.15, 0.2) is 11.6 Å². The van der Waals surface area contributed by atoms with Crippen molar-refractivity contribution in [1.29, 1.82) is 0 Å². The molecule has 2 heteroatoms. The number of hydrogen-bond donors (Lipinski definition) is 0. The van der Waals surface area contributed by atoms with Crippen LogP contribution in [0.3, 0.4) is 0 Å². The second-order valence-electron chi connectivity index (χ2n) is 6.91. The lowest BCUT2D eigenvalue weighted by Crippen LogP contribution is -2.07. The number of ketones is 2. The van der Waals surface area contributed by atoms with Gasteiger partial charge in [-0.15, -0.1) is 0 Å². The summed E-state index contributed by atoms with van der Waals surface area (Å²) >= 11 is 0. The first-order valence-corrected chi connectivity index (χ1v) is 9.36. The van der Waals surface area contributed by atoms with Gasteiger partial charge >= 0.3 is 0 Å². The van der Waals surface area contributed by atoms with Crippen molar-refractivity contribution in [2.45, 2.75) is 12.8 Å². The normalized spacial score (nSPS) is 10.9. The highest BCUT2D eigenvalue weighted by Gasteiger charge is 2.16. The highest BCUT2D eigenvalue weighted by Crippen LogP contribution is 2.24. The summed E-state index contributed by atoms with van der Waals surface area (Å²) < 4.78 is 0. The second-order valence-corrected chi connectivity index (χ2v) is 6.91. The molecule has 28 heavy (non-hydrogen) atoms. The van der Waals surface area contributed by atoms with E-state index in [1.165, 1.54) is 0 Å². The zero-order chi connectivity index (χ0) is 19.5. The maximum absolute atomic E-state index is 12.9. The fourth-order valence-electron chi connectivity index (χ4n) is 3.60. The summed E-state index contributed by atoms with van der Waals surface area (Å²) in [6, 6.07) is 27.1. The van der Waals surface area contributed by atoms with Crippen LogP contribution in [0, 0.1) is 0 Å². The van der Waals surface area contributed by atoms with Crippen molar-refractivity contribution < 1.29 is 9.59 Å². The predicted molar refractivity (Wildman–Crippen MR) is 115 cm³/mol. The highest BCUT2D eigenvalue weighted by atomic mass is 16.1. The zero-order valence-corrected chi connectivity index (χ0v) is 15.5. The van der Waals surface area contributed by atoms with Crippen molar-refractivity contribution >= 4 is 33.1 Å². The third-order valence-electron chi connectivity index (χ3n) is 5.10. The van der Waals surface area contributed by atoms with Gasteiger partial charge in [0.25, 0.3) is 0 Å². The molecule has 0 saturated carbocycles. The van der Waals surface area contributed by atoms with Crippen LogP contribution in [0.15, 0.2) is 97.1 Å². The molecule has 0 atom stereocenters. The van der Waals surface area contributed by atoms with Crippen molar-refractivity contribution in [2.75, 3.05) is 0 Å². The number of allylic oxidation sites excluding steroid dienone is 1. The van der Waals surface area contributed by atoms with Crippen LogP contribution in [0.4, 0.5) is 0 Å². The molecule has 0 aromatic heterocycles. The van der Waals surface area contributed by atoms with Crippen molar-refractivity contribution in [2.24, 2.45) is 0 Å². The third kappa shape index (κ3) is 3.37. The topological polar surface area (TPSA) is 34.1 Å². The molecule has 4 aromatic rings. The van der Waals surface area contributed by atoms with Crippen molar-refractivity contribution in [3.8, 4) is 0 Å². The molecule has 0 radical (unpaired) electrons. The number of Topliss-reactive ketones (excluding diaryl/α,β-unsaturated/α-hetero) is 2. The molecule has 0 fully saturated rings. The molecule has 0 aliphatic rings. The van der Waals surface area contributed by atoms with Crippen LogP contribution in [-0.4, -0.2) is 11.6 Å². The second kappa shape index (κ2) is 7.61. The molecule has 0 N–H and O–H groups in total. The molecule has 0 spiro atoms. The van der Waals surface area contributed by atoms with Crippen LogP contribution >= 0.6 is 0 Å². The maximum atomic E-state index is 12.9. The van der Waals surface area contributed by atoms with E-state index < -0.39 is 0 Å². The van der Waals surface area contributed by atoms with Gasteiger partial charge in [-0.25, -0.2) is 0 Å². The first-order valence-electron chi connectivity index (χ1n) is 9.36. The Morgan fingerprint density at radius 3 is 1.75 bits per heavy atom. The molecule has 0 bridgehead atoms. The Labute approximate surface area is 164 Å². The lowest BCUT2D eigenvalue weighted by Gasteiger charge is -2.09. The molecule has 4 aromatic carbocycles. The Bertz CT molecular complexity index is 1210. The van der Waals surface area contributed by atoms with Gasteiger partial charge in [-0.1, -0.05) is 91.5 Å². The fourth-order valence-corrected chi connectivity index (χ4v) is 3.60. The number of hydrogen-bond acceptors (Lipinski definition) is 2. The van der Waals surface area contributed by atoms with Crippen LogP contribution in [0.5, 0.6) is 0 Å². The third-order valence-corrected chi connectivity index (χ3v) is 5.10. The van der Waals surface area contributed by atoms with Gasteiger partial charge in [0, 0.05) is 17.5 Å². The summed E-state index contributed by atoms with van der Waals surface area (Å²) in [4.78, 5) is 25.7. The van der Waals surface area contributed by atoms with Gasteiger partial charge in [-0.3, -0.25) is 9.59 Å². The summed E-state index contributed by atoms with van der Waals surface area (Å²) in [5.74, 6) is -0.0637. The highest BCUT2D eigenvalue weighted by molar-refractivity contribution is 6.16. The number of fused-ring (bicyclic) bond motifs is 2. The Morgan fingerprint density at radius 2 is 1.11 bits per heavy atom. The standard InChI is InChI=1S/C26H20O2/c1-18(26(28)24-15-7-11-20-9-3-5-13-22(20)24)16-17-25(27)23-14-6-10-19-8-2-4-12-21(19)23/h2-15H,1,16-17H2. The fraction of sp³-hybridized carbons (Fsp3) is 0.0769. The Kier molecular flexibility index (Phi) is 4.86. The zero-order valence-electron chi connectivity index (χ0n) is 15.5. The Hall–Kier alpha value is -3.52. The molecule has 136 valence electrons. The van der Waals surface area contributed by atoms with E-state index in [1.54, 1.807) is 0 Å². The average Bonchev–Trinajstić information content (AvgIpc) is 2.76. The van der Waals surface area contributed by atoms with E-state index in [-0.39, 0.29) is 18.0 Å². The van der Waals surface area contributed by atoms with Crippen LogP contribution in [0.25, 0.3) is 21.5 Å². The summed E-state index contributed by atoms with van der Waals surface area (Å²) in [5.41, 5.74) is 1.80. The van der Waals surface area contributed by atoms with Gasteiger partial charge in [0.1, 0.15) is 0 Å². The van der Waals surface area contributed by atoms with E-state index in [4.69, 9.17) is 0 Å². The molecule has 0 amide bonds. The number of carbonyl (C=O) groups is 2. The quantitative estimate of drug-likeness (QED) is 0.293. The van der Waals surface area contributed by atoms with Gasteiger partial charge in [-0.2, -0.15) is 0 Å². The lowest BCUT2D eigenvalue weighted by molar-refractivity contribution is 0.0981. The Morgan fingerprint density at radius 1 is 0.607 bits per heavy atom. The molecule has 0 aliphatic heterocycles. The van der Waals surface area contributed by atoms with E-state index in [0.717, 1.165) is 21.5 Å². The minimum atomic E-state index is -0.0949. The molecule has 4 rings (SSSR count). The number of rotatable bonds is 6. The van der Waals surface area contributed by atoms with Crippen LogP contribution in [0.1, 0.15) is 33.6 Å². The minimum absolute atomic E-state index is 0.0312. The SMILES string of the molecule is C=C(CCC(=O)c1cccc2ccccc12)C(=O)c1cccc2ccccc12. The summed E-state index contributed by atoms with van der Waals surface area (Å²) in [6.07, 6.45) is 0.619. The monoisotopic (exact) mass is 364 g/mol. The summed E-state index contributed by atoms with van der Waals surface area (Å²) in [7, 11) is 0. The lowest BCUT2D eigenvalue weighted by atomic mass is 9.93. The average molecular weight is 364 g/mol. The van der Waals surface area contributed by atoms with Gasteiger partial charge in [-0.05, 0) is 33.5 Å². The van der Waals surface area contributed by atoms with Crippen molar-refractivity contribution in [3.05, 3.63) is 108 Å². The number of benzene rings is 4. The molecule has 0 aliphatic carbocycles. The molecule has 0 saturated heterocycles.